The summed E-state index contributed by atoms with van der Waals surface area (Å²) >= 11 is 0. The lowest BCUT2D eigenvalue weighted by molar-refractivity contribution is -0.136. The molecule has 0 saturated carbocycles. The Hall–Kier alpha value is -3.20. The number of amides is 2. The van der Waals surface area contributed by atoms with Crippen LogP contribution in [0.4, 0.5) is 4.79 Å². The molecule has 0 N–H and O–H groups in total. The van der Waals surface area contributed by atoms with Crippen molar-refractivity contribution in [3.05, 3.63) is 41.1 Å². The number of likely N-dealkylation sites (N-methyl/N-ethyl adjacent to an activating group) is 1. The molecule has 2 aliphatic rings. The summed E-state index contributed by atoms with van der Waals surface area (Å²) in [5.41, 5.74) is 3.08. The molecule has 1 aromatic carbocycles. The maximum atomic E-state index is 13.2. The van der Waals surface area contributed by atoms with E-state index in [1.54, 1.807) is 16.7 Å². The van der Waals surface area contributed by atoms with Crippen LogP contribution in [-0.4, -0.2) is 90.1 Å². The van der Waals surface area contributed by atoms with Gasteiger partial charge < -0.3 is 19.3 Å². The Morgan fingerprint density at radius 2 is 1.70 bits per heavy atom. The van der Waals surface area contributed by atoms with Crippen molar-refractivity contribution in [1.29, 1.82) is 0 Å². The molecule has 0 atom stereocenters. The van der Waals surface area contributed by atoms with Gasteiger partial charge in [-0.05, 0) is 19.5 Å². The van der Waals surface area contributed by atoms with Gasteiger partial charge in [0, 0.05) is 62.3 Å². The Kier molecular flexibility index (Phi) is 7.08. The summed E-state index contributed by atoms with van der Waals surface area (Å²) in [7, 11) is 0. The Labute approximate surface area is 193 Å². The fourth-order valence-electron chi connectivity index (χ4n) is 4.39. The van der Waals surface area contributed by atoms with Gasteiger partial charge in [-0.3, -0.25) is 14.7 Å². The van der Waals surface area contributed by atoms with Crippen molar-refractivity contribution in [2.24, 2.45) is 0 Å². The molecule has 9 heteroatoms. The van der Waals surface area contributed by atoms with Crippen molar-refractivity contribution in [2.75, 3.05) is 52.5 Å². The van der Waals surface area contributed by atoms with Crippen LogP contribution in [0.2, 0.25) is 0 Å². The number of hydrogen-bond donors (Lipinski definition) is 0. The summed E-state index contributed by atoms with van der Waals surface area (Å²) < 4.78 is 10.5. The molecule has 0 spiro atoms. The lowest BCUT2D eigenvalue weighted by Gasteiger charge is -2.34. The van der Waals surface area contributed by atoms with Gasteiger partial charge in [0.1, 0.15) is 0 Å². The molecule has 4 rings (SSSR count). The third kappa shape index (κ3) is 4.93. The summed E-state index contributed by atoms with van der Waals surface area (Å²) in [6, 6.07) is 7.55. The number of rotatable bonds is 5. The normalized spacial score (nSPS) is 16.4. The molecular formula is C24H30N4O5. The Morgan fingerprint density at radius 1 is 0.970 bits per heavy atom. The van der Waals surface area contributed by atoms with E-state index in [9.17, 15) is 14.4 Å². The van der Waals surface area contributed by atoms with Crippen LogP contribution in [0.25, 0.3) is 10.9 Å². The fourth-order valence-corrected chi connectivity index (χ4v) is 4.39. The number of benzene rings is 1. The van der Waals surface area contributed by atoms with Crippen LogP contribution < -0.4 is 0 Å². The molecule has 33 heavy (non-hydrogen) atoms. The quantitative estimate of drug-likeness (QED) is 0.639. The van der Waals surface area contributed by atoms with Crippen LogP contribution in [-0.2, 0) is 27.2 Å². The minimum absolute atomic E-state index is 0.269. The van der Waals surface area contributed by atoms with Crippen molar-refractivity contribution in [3.63, 3.8) is 0 Å². The van der Waals surface area contributed by atoms with E-state index < -0.39 is 5.97 Å². The van der Waals surface area contributed by atoms with Crippen LogP contribution in [0.5, 0.6) is 0 Å². The summed E-state index contributed by atoms with van der Waals surface area (Å²) in [6.45, 7) is 7.82. The van der Waals surface area contributed by atoms with Crippen LogP contribution in [0, 0.1) is 0 Å². The SMILES string of the molecule is CCOC(=O)N1CCN(C(=O)COC(=O)c2c3c(nc4ccccc24)CCN(CC)C3)CC1. The second-order valence-electron chi connectivity index (χ2n) is 8.19. The lowest BCUT2D eigenvalue weighted by atomic mass is 9.96. The number of pyridine rings is 1. The number of carbonyl (C=O) groups is 3. The van der Waals surface area contributed by atoms with E-state index in [0.29, 0.717) is 44.9 Å². The molecule has 0 radical (unpaired) electrons. The maximum Gasteiger partial charge on any atom is 0.409 e. The van der Waals surface area contributed by atoms with E-state index in [-0.39, 0.29) is 18.6 Å². The number of piperazine rings is 1. The maximum absolute atomic E-state index is 13.2. The van der Waals surface area contributed by atoms with Gasteiger partial charge in [-0.25, -0.2) is 9.59 Å². The summed E-state index contributed by atoms with van der Waals surface area (Å²) in [6.07, 6.45) is 0.407. The first-order valence-corrected chi connectivity index (χ1v) is 11.5. The smallest absolute Gasteiger partial charge is 0.409 e. The third-order valence-electron chi connectivity index (χ3n) is 6.26. The fraction of sp³-hybridized carbons (Fsp3) is 0.500. The zero-order valence-electron chi connectivity index (χ0n) is 19.2. The number of nitrogens with zero attached hydrogens (tertiary/aromatic N) is 4. The van der Waals surface area contributed by atoms with Crippen molar-refractivity contribution < 1.29 is 23.9 Å². The second kappa shape index (κ2) is 10.2. The first-order chi connectivity index (χ1) is 16.0. The van der Waals surface area contributed by atoms with Crippen molar-refractivity contribution >= 4 is 28.9 Å². The van der Waals surface area contributed by atoms with Crippen LogP contribution in [0.3, 0.4) is 0 Å². The molecule has 176 valence electrons. The molecule has 0 unspecified atom stereocenters. The summed E-state index contributed by atoms with van der Waals surface area (Å²) in [5.74, 6) is -0.768. The van der Waals surface area contributed by atoms with E-state index in [1.165, 1.54) is 0 Å². The van der Waals surface area contributed by atoms with Gasteiger partial charge in [0.15, 0.2) is 6.61 Å². The van der Waals surface area contributed by atoms with Gasteiger partial charge in [-0.1, -0.05) is 25.1 Å². The number of aromatic nitrogens is 1. The highest BCUT2D eigenvalue weighted by Gasteiger charge is 2.28. The average molecular weight is 455 g/mol. The largest absolute Gasteiger partial charge is 0.452 e. The number of hydrogen-bond acceptors (Lipinski definition) is 7. The predicted octanol–water partition coefficient (Wildman–Crippen LogP) is 2.07. The monoisotopic (exact) mass is 454 g/mol. The number of ether oxygens (including phenoxy) is 2. The van der Waals surface area contributed by atoms with Gasteiger partial charge in [0.2, 0.25) is 0 Å². The van der Waals surface area contributed by atoms with E-state index in [0.717, 1.165) is 41.7 Å². The van der Waals surface area contributed by atoms with E-state index in [1.807, 2.05) is 24.3 Å². The summed E-state index contributed by atoms with van der Waals surface area (Å²) in [4.78, 5) is 48.0. The predicted molar refractivity (Wildman–Crippen MR) is 122 cm³/mol. The average Bonchev–Trinajstić information content (AvgIpc) is 2.85. The molecule has 0 aliphatic carbocycles. The molecule has 2 amide bonds. The molecule has 1 saturated heterocycles. The third-order valence-corrected chi connectivity index (χ3v) is 6.26. The van der Waals surface area contributed by atoms with E-state index in [4.69, 9.17) is 14.5 Å². The second-order valence-corrected chi connectivity index (χ2v) is 8.19. The van der Waals surface area contributed by atoms with Gasteiger partial charge in [-0.15, -0.1) is 0 Å². The van der Waals surface area contributed by atoms with Crippen molar-refractivity contribution in [3.8, 4) is 0 Å². The molecule has 0 bridgehead atoms. The molecule has 2 aliphatic heterocycles. The summed E-state index contributed by atoms with van der Waals surface area (Å²) in [5, 5.41) is 0.745. The zero-order valence-corrected chi connectivity index (χ0v) is 19.2. The minimum atomic E-state index is -0.499. The van der Waals surface area contributed by atoms with Crippen LogP contribution in [0.1, 0.15) is 35.5 Å². The topological polar surface area (TPSA) is 92.3 Å². The molecule has 1 aromatic heterocycles. The van der Waals surface area contributed by atoms with Crippen molar-refractivity contribution in [1.82, 2.24) is 19.7 Å². The number of esters is 1. The highest BCUT2D eigenvalue weighted by Crippen LogP contribution is 2.28. The Morgan fingerprint density at radius 3 is 2.42 bits per heavy atom. The minimum Gasteiger partial charge on any atom is -0.452 e. The molecule has 2 aromatic rings. The molecular weight excluding hydrogens is 424 g/mol. The van der Waals surface area contributed by atoms with Gasteiger partial charge in [0.05, 0.1) is 17.7 Å². The first-order valence-electron chi connectivity index (χ1n) is 11.5. The zero-order chi connectivity index (χ0) is 23.4. The molecule has 9 nitrogen and oxygen atoms in total. The first kappa shape index (κ1) is 23.0. The lowest BCUT2D eigenvalue weighted by Crippen LogP contribution is -2.51. The van der Waals surface area contributed by atoms with Gasteiger partial charge in [0.25, 0.3) is 5.91 Å². The molecule has 3 heterocycles. The standard InChI is InChI=1S/C24H30N4O5/c1-3-26-10-9-20-18(15-26)22(17-7-5-6-8-19(17)25-20)23(30)33-16-21(29)27-11-13-28(14-12-27)24(31)32-4-2/h5-8H,3-4,9-16H2,1-2H3. The van der Waals surface area contributed by atoms with E-state index >= 15 is 0 Å². The van der Waals surface area contributed by atoms with Crippen LogP contribution >= 0.6 is 0 Å². The highest BCUT2D eigenvalue weighted by molar-refractivity contribution is 6.05. The Bertz CT molecular complexity index is 1050. The number of carbonyl (C=O) groups excluding carboxylic acids is 3. The number of para-hydroxylation sites is 1. The van der Waals surface area contributed by atoms with Crippen molar-refractivity contribution in [2.45, 2.75) is 26.8 Å². The highest BCUT2D eigenvalue weighted by atomic mass is 16.6. The number of fused-ring (bicyclic) bond motifs is 2. The molecule has 1 fully saturated rings. The van der Waals surface area contributed by atoms with E-state index in [2.05, 4.69) is 11.8 Å². The Balaban J connectivity index is 1.45. The van der Waals surface area contributed by atoms with Gasteiger partial charge >= 0.3 is 12.1 Å². The van der Waals surface area contributed by atoms with Crippen LogP contribution in [0.15, 0.2) is 24.3 Å². The van der Waals surface area contributed by atoms with Gasteiger partial charge in [-0.2, -0.15) is 0 Å².